The zero-order valence-electron chi connectivity index (χ0n) is 14.4. The average molecular weight is 356 g/mol. The maximum atomic E-state index is 5.86. The molecule has 1 unspecified atom stereocenters. The van der Waals surface area contributed by atoms with Gasteiger partial charge in [-0.05, 0) is 26.0 Å². The van der Waals surface area contributed by atoms with Crippen molar-refractivity contribution >= 4 is 22.3 Å². The summed E-state index contributed by atoms with van der Waals surface area (Å²) in [4.78, 5) is 14.2. The number of pyridine rings is 2. The maximum Gasteiger partial charge on any atom is 0.188 e. The van der Waals surface area contributed by atoms with Gasteiger partial charge in [-0.15, -0.1) is 0 Å². The molecule has 0 spiro atoms. The predicted molar refractivity (Wildman–Crippen MR) is 99.6 cm³/mol. The topological polar surface area (TPSA) is 69.2 Å². The normalized spacial score (nSPS) is 12.0. The standard InChI is InChI=1S/C18H20N4O2S/c1-12-8-14(24-13(2)11-23-3)9-17(21-12)22-18-20-10-16(25-18)15-6-4-5-7-19-15/h4-10,13H,11H2,1-3H3,(H,20,21,22). The molecule has 7 heteroatoms. The fourth-order valence-electron chi connectivity index (χ4n) is 2.34. The van der Waals surface area contributed by atoms with E-state index in [1.165, 1.54) is 11.3 Å². The van der Waals surface area contributed by atoms with Crippen molar-refractivity contribution in [3.05, 3.63) is 48.4 Å². The van der Waals surface area contributed by atoms with Crippen LogP contribution in [0.2, 0.25) is 0 Å². The Bertz CT molecular complexity index is 823. The summed E-state index contributed by atoms with van der Waals surface area (Å²) < 4.78 is 11.0. The van der Waals surface area contributed by atoms with Crippen LogP contribution < -0.4 is 10.1 Å². The molecular weight excluding hydrogens is 336 g/mol. The summed E-state index contributed by atoms with van der Waals surface area (Å²) >= 11 is 1.53. The van der Waals surface area contributed by atoms with E-state index in [9.17, 15) is 0 Å². The first kappa shape index (κ1) is 17.3. The Kier molecular flexibility index (Phi) is 5.57. The molecule has 6 nitrogen and oxygen atoms in total. The average Bonchev–Trinajstić information content (AvgIpc) is 3.04. The molecule has 25 heavy (non-hydrogen) atoms. The molecule has 1 atom stereocenters. The largest absolute Gasteiger partial charge is 0.488 e. The number of aryl methyl sites for hydroxylation is 1. The van der Waals surface area contributed by atoms with E-state index in [-0.39, 0.29) is 6.10 Å². The van der Waals surface area contributed by atoms with Crippen LogP contribution >= 0.6 is 11.3 Å². The minimum atomic E-state index is -0.0322. The summed E-state index contributed by atoms with van der Waals surface area (Å²) in [7, 11) is 1.66. The number of nitrogens with one attached hydrogen (secondary N) is 1. The summed E-state index contributed by atoms with van der Waals surface area (Å²) in [5.74, 6) is 1.45. The van der Waals surface area contributed by atoms with Gasteiger partial charge in [0.25, 0.3) is 0 Å². The van der Waals surface area contributed by atoms with Crippen molar-refractivity contribution in [1.29, 1.82) is 0 Å². The summed E-state index contributed by atoms with van der Waals surface area (Å²) in [6, 6.07) is 9.58. The molecule has 0 aromatic carbocycles. The molecule has 0 aliphatic heterocycles. The quantitative estimate of drug-likeness (QED) is 0.688. The molecule has 0 saturated carbocycles. The third-order valence-electron chi connectivity index (χ3n) is 3.32. The number of hydrogen-bond acceptors (Lipinski definition) is 7. The number of aromatic nitrogens is 3. The van der Waals surface area contributed by atoms with Gasteiger partial charge in [0.2, 0.25) is 0 Å². The first-order chi connectivity index (χ1) is 12.1. The summed E-state index contributed by atoms with van der Waals surface area (Å²) in [5, 5.41) is 4.00. The molecular formula is C18H20N4O2S. The Morgan fingerprint density at radius 1 is 1.24 bits per heavy atom. The van der Waals surface area contributed by atoms with Gasteiger partial charge in [-0.2, -0.15) is 0 Å². The molecule has 1 N–H and O–H groups in total. The number of methoxy groups -OCH3 is 1. The van der Waals surface area contributed by atoms with E-state index in [0.29, 0.717) is 12.4 Å². The minimum absolute atomic E-state index is 0.0322. The molecule has 3 aromatic rings. The van der Waals surface area contributed by atoms with Crippen LogP contribution in [0, 0.1) is 6.92 Å². The lowest BCUT2D eigenvalue weighted by atomic mass is 10.3. The number of rotatable bonds is 7. The van der Waals surface area contributed by atoms with Gasteiger partial charge in [-0.1, -0.05) is 17.4 Å². The van der Waals surface area contributed by atoms with E-state index in [4.69, 9.17) is 9.47 Å². The molecule has 0 aliphatic carbocycles. The number of thiazole rings is 1. The lowest BCUT2D eigenvalue weighted by Gasteiger charge is -2.15. The smallest absolute Gasteiger partial charge is 0.188 e. The third kappa shape index (κ3) is 4.74. The van der Waals surface area contributed by atoms with E-state index >= 15 is 0 Å². The van der Waals surface area contributed by atoms with Crippen molar-refractivity contribution in [2.24, 2.45) is 0 Å². The van der Waals surface area contributed by atoms with Gasteiger partial charge in [0, 0.05) is 37.3 Å². The van der Waals surface area contributed by atoms with Crippen molar-refractivity contribution < 1.29 is 9.47 Å². The zero-order valence-corrected chi connectivity index (χ0v) is 15.2. The van der Waals surface area contributed by atoms with Crippen LogP contribution in [0.4, 0.5) is 10.9 Å². The second-order valence-corrected chi connectivity index (χ2v) is 6.61. The highest BCUT2D eigenvalue weighted by Crippen LogP contribution is 2.30. The number of nitrogens with zero attached hydrogens (tertiary/aromatic N) is 3. The molecule has 0 fully saturated rings. The van der Waals surface area contributed by atoms with Crippen molar-refractivity contribution in [3.8, 4) is 16.3 Å². The Morgan fingerprint density at radius 2 is 2.12 bits per heavy atom. The Hall–Kier alpha value is -2.51. The summed E-state index contributed by atoms with van der Waals surface area (Å²) in [6.07, 6.45) is 3.55. The Labute approximate surface area is 150 Å². The molecule has 0 amide bonds. The van der Waals surface area contributed by atoms with E-state index in [2.05, 4.69) is 20.3 Å². The molecule has 3 heterocycles. The van der Waals surface area contributed by atoms with E-state index in [1.54, 1.807) is 13.3 Å². The minimum Gasteiger partial charge on any atom is -0.488 e. The zero-order chi connectivity index (χ0) is 17.6. The van der Waals surface area contributed by atoms with Crippen molar-refractivity contribution in [2.45, 2.75) is 20.0 Å². The second kappa shape index (κ2) is 8.04. The summed E-state index contributed by atoms with van der Waals surface area (Å²) in [6.45, 7) is 4.43. The van der Waals surface area contributed by atoms with Crippen molar-refractivity contribution in [2.75, 3.05) is 19.0 Å². The maximum absolute atomic E-state index is 5.86. The second-order valence-electron chi connectivity index (χ2n) is 5.58. The van der Waals surface area contributed by atoms with E-state index < -0.39 is 0 Å². The fraction of sp³-hybridized carbons (Fsp3) is 0.278. The van der Waals surface area contributed by atoms with Crippen LogP contribution in [0.15, 0.2) is 42.7 Å². The van der Waals surface area contributed by atoms with Crippen molar-refractivity contribution in [3.63, 3.8) is 0 Å². The number of anilines is 2. The molecule has 3 rings (SSSR count). The fourth-order valence-corrected chi connectivity index (χ4v) is 3.14. The number of ether oxygens (including phenoxy) is 2. The Balaban J connectivity index is 1.74. The first-order valence-corrected chi connectivity index (χ1v) is 8.74. The van der Waals surface area contributed by atoms with Gasteiger partial charge < -0.3 is 14.8 Å². The molecule has 0 aliphatic rings. The molecule has 3 aromatic heterocycles. The lowest BCUT2D eigenvalue weighted by molar-refractivity contribution is 0.0920. The third-order valence-corrected chi connectivity index (χ3v) is 4.26. The predicted octanol–water partition coefficient (Wildman–Crippen LogP) is 4.07. The number of hydrogen-bond donors (Lipinski definition) is 1. The highest BCUT2D eigenvalue weighted by molar-refractivity contribution is 7.18. The van der Waals surface area contributed by atoms with Gasteiger partial charge >= 0.3 is 0 Å². The van der Waals surface area contributed by atoms with Crippen molar-refractivity contribution in [1.82, 2.24) is 15.0 Å². The van der Waals surface area contributed by atoms with Gasteiger partial charge in [0.1, 0.15) is 17.7 Å². The van der Waals surface area contributed by atoms with Gasteiger partial charge in [-0.3, -0.25) is 4.98 Å². The van der Waals surface area contributed by atoms with Gasteiger partial charge in [0.15, 0.2) is 5.13 Å². The van der Waals surface area contributed by atoms with Crippen LogP contribution in [0.25, 0.3) is 10.6 Å². The van der Waals surface area contributed by atoms with Gasteiger partial charge in [0.05, 0.1) is 17.2 Å². The highest BCUT2D eigenvalue weighted by atomic mass is 32.1. The highest BCUT2D eigenvalue weighted by Gasteiger charge is 2.09. The van der Waals surface area contributed by atoms with Crippen LogP contribution in [0.1, 0.15) is 12.6 Å². The summed E-state index contributed by atoms with van der Waals surface area (Å²) in [5.41, 5.74) is 1.77. The van der Waals surface area contributed by atoms with Crippen LogP contribution in [-0.4, -0.2) is 34.8 Å². The molecule has 0 saturated heterocycles. The molecule has 0 radical (unpaired) electrons. The van der Waals surface area contributed by atoms with Crippen LogP contribution in [-0.2, 0) is 4.74 Å². The molecule has 0 bridgehead atoms. The SMILES string of the molecule is COCC(C)Oc1cc(C)nc(Nc2ncc(-c3ccccn3)s2)c1. The lowest BCUT2D eigenvalue weighted by Crippen LogP contribution is -2.18. The van der Waals surface area contributed by atoms with E-state index in [0.717, 1.165) is 27.1 Å². The first-order valence-electron chi connectivity index (χ1n) is 7.92. The Morgan fingerprint density at radius 3 is 2.88 bits per heavy atom. The van der Waals surface area contributed by atoms with E-state index in [1.807, 2.05) is 50.4 Å². The van der Waals surface area contributed by atoms with Crippen LogP contribution in [0.3, 0.4) is 0 Å². The van der Waals surface area contributed by atoms with Gasteiger partial charge in [-0.25, -0.2) is 9.97 Å². The van der Waals surface area contributed by atoms with Crippen LogP contribution in [0.5, 0.6) is 5.75 Å². The monoisotopic (exact) mass is 356 g/mol. The molecule has 130 valence electrons.